The van der Waals surface area contributed by atoms with E-state index in [0.29, 0.717) is 5.92 Å². The summed E-state index contributed by atoms with van der Waals surface area (Å²) < 4.78 is 13.0. The van der Waals surface area contributed by atoms with Gasteiger partial charge in [0, 0.05) is 52.0 Å². The van der Waals surface area contributed by atoms with Gasteiger partial charge in [0.1, 0.15) is 0 Å². The third-order valence-corrected chi connectivity index (χ3v) is 3.98. The van der Waals surface area contributed by atoms with E-state index in [1.54, 1.807) is 7.05 Å². The Hall–Kier alpha value is -0.870. The van der Waals surface area contributed by atoms with E-state index in [1.807, 2.05) is 10.9 Å². The number of hydrogen-bond acceptors (Lipinski definition) is 4. The van der Waals surface area contributed by atoms with Crippen molar-refractivity contribution in [2.75, 3.05) is 46.6 Å². The molecule has 2 heterocycles. The first kappa shape index (κ1) is 22.2. The summed E-state index contributed by atoms with van der Waals surface area (Å²) in [5.41, 5.74) is 1.20. The lowest BCUT2D eigenvalue weighted by molar-refractivity contribution is 0.0888. The summed E-state index contributed by atoms with van der Waals surface area (Å²) in [4.78, 5) is 4.23. The number of hydrogen-bond donors (Lipinski definition) is 2. The highest BCUT2D eigenvalue weighted by atomic mass is 127. The fourth-order valence-electron chi connectivity index (χ4n) is 2.60. The van der Waals surface area contributed by atoms with Crippen LogP contribution in [-0.2, 0) is 16.0 Å². The number of aromatic nitrogens is 2. The van der Waals surface area contributed by atoms with E-state index in [-0.39, 0.29) is 24.0 Å². The van der Waals surface area contributed by atoms with Crippen LogP contribution in [0.4, 0.5) is 0 Å². The summed E-state index contributed by atoms with van der Waals surface area (Å²) in [5, 5.41) is 10.9. The Morgan fingerprint density at radius 3 is 2.84 bits per heavy atom. The molecule has 1 fully saturated rings. The van der Waals surface area contributed by atoms with Gasteiger partial charge in [-0.15, -0.1) is 24.0 Å². The molecule has 0 aromatic carbocycles. The molecule has 1 unspecified atom stereocenters. The van der Waals surface area contributed by atoms with Gasteiger partial charge in [0.15, 0.2) is 5.96 Å². The largest absolute Gasteiger partial charge is 0.381 e. The van der Waals surface area contributed by atoms with Crippen LogP contribution in [0.1, 0.15) is 24.8 Å². The van der Waals surface area contributed by atoms with Gasteiger partial charge in [0.25, 0.3) is 0 Å². The van der Waals surface area contributed by atoms with Crippen LogP contribution in [0, 0.1) is 12.8 Å². The van der Waals surface area contributed by atoms with E-state index in [0.717, 1.165) is 71.3 Å². The van der Waals surface area contributed by atoms with Crippen molar-refractivity contribution >= 4 is 29.9 Å². The lowest BCUT2D eigenvalue weighted by Crippen LogP contribution is -2.38. The van der Waals surface area contributed by atoms with Crippen molar-refractivity contribution in [2.45, 2.75) is 32.7 Å². The Morgan fingerprint density at radius 2 is 2.20 bits per heavy atom. The highest BCUT2D eigenvalue weighted by Crippen LogP contribution is 2.12. The molecule has 25 heavy (non-hydrogen) atoms. The molecule has 1 aliphatic rings. The van der Waals surface area contributed by atoms with Crippen molar-refractivity contribution in [2.24, 2.45) is 10.9 Å². The topological polar surface area (TPSA) is 72.7 Å². The maximum absolute atomic E-state index is 5.69. The lowest BCUT2D eigenvalue weighted by atomic mass is 10.1. The minimum atomic E-state index is 0. The summed E-state index contributed by atoms with van der Waals surface area (Å²) in [5.74, 6) is 1.43. The molecule has 0 amide bonds. The molecule has 0 spiro atoms. The van der Waals surface area contributed by atoms with Crippen LogP contribution in [0.3, 0.4) is 0 Å². The van der Waals surface area contributed by atoms with Gasteiger partial charge in [0.05, 0.1) is 19.4 Å². The number of halogens is 1. The monoisotopic (exact) mass is 465 g/mol. The molecule has 144 valence electrons. The van der Waals surface area contributed by atoms with E-state index in [9.17, 15) is 0 Å². The zero-order chi connectivity index (χ0) is 17.0. The second kappa shape index (κ2) is 13.3. The molecular formula is C17H32IN5O2. The van der Waals surface area contributed by atoms with E-state index < -0.39 is 0 Å². The zero-order valence-electron chi connectivity index (χ0n) is 15.4. The molecule has 7 nitrogen and oxygen atoms in total. The van der Waals surface area contributed by atoms with Crippen molar-refractivity contribution in [1.82, 2.24) is 20.4 Å². The molecule has 1 aromatic heterocycles. The summed E-state index contributed by atoms with van der Waals surface area (Å²) >= 11 is 0. The third-order valence-electron chi connectivity index (χ3n) is 3.98. The zero-order valence-corrected chi connectivity index (χ0v) is 17.7. The molecule has 1 aromatic rings. The fraction of sp³-hybridized carbons (Fsp3) is 0.765. The van der Waals surface area contributed by atoms with Gasteiger partial charge in [0.2, 0.25) is 0 Å². The van der Waals surface area contributed by atoms with Gasteiger partial charge in [-0.3, -0.25) is 9.67 Å². The Morgan fingerprint density at radius 1 is 1.40 bits per heavy atom. The molecule has 0 bridgehead atoms. The molecule has 0 radical (unpaired) electrons. The highest BCUT2D eigenvalue weighted by Gasteiger charge is 2.15. The summed E-state index contributed by atoms with van der Waals surface area (Å²) in [7, 11) is 1.79. The SMILES string of the molecule is CN=C(NCCCOCC1CCOC1)NCCCn1cc(C)cn1.I. The second-order valence-corrected chi connectivity index (χ2v) is 6.22. The predicted octanol–water partition coefficient (Wildman–Crippen LogP) is 1.81. The van der Waals surface area contributed by atoms with E-state index >= 15 is 0 Å². The molecule has 8 heteroatoms. The summed E-state index contributed by atoms with van der Waals surface area (Å²) in [6.07, 6.45) is 7.06. The number of nitrogens with one attached hydrogen (secondary N) is 2. The van der Waals surface area contributed by atoms with Crippen molar-refractivity contribution in [3.8, 4) is 0 Å². The normalized spacial score (nSPS) is 17.4. The standard InChI is InChI=1S/C17H31N5O2.HI/c1-15-11-21-22(12-15)8-3-6-19-17(18-2)20-7-4-9-23-13-16-5-10-24-14-16;/h11-12,16H,3-10,13-14H2,1-2H3,(H2,18,19,20);1H. The Balaban J connectivity index is 0.00000312. The van der Waals surface area contributed by atoms with Crippen LogP contribution in [0.5, 0.6) is 0 Å². The smallest absolute Gasteiger partial charge is 0.190 e. The Labute approximate surface area is 168 Å². The van der Waals surface area contributed by atoms with Crippen LogP contribution in [0.15, 0.2) is 17.4 Å². The molecule has 2 rings (SSSR count). The predicted molar refractivity (Wildman–Crippen MR) is 111 cm³/mol. The number of aryl methyl sites for hydroxylation is 2. The number of rotatable bonds is 10. The van der Waals surface area contributed by atoms with Crippen molar-refractivity contribution in [3.63, 3.8) is 0 Å². The molecule has 0 saturated carbocycles. The van der Waals surface area contributed by atoms with Crippen molar-refractivity contribution < 1.29 is 9.47 Å². The van der Waals surface area contributed by atoms with Crippen LogP contribution in [-0.4, -0.2) is 62.3 Å². The van der Waals surface area contributed by atoms with Gasteiger partial charge in [-0.1, -0.05) is 0 Å². The van der Waals surface area contributed by atoms with Gasteiger partial charge in [-0.05, 0) is 31.7 Å². The summed E-state index contributed by atoms with van der Waals surface area (Å²) in [6, 6.07) is 0. The maximum atomic E-state index is 5.69. The van der Waals surface area contributed by atoms with Crippen molar-refractivity contribution in [1.29, 1.82) is 0 Å². The van der Waals surface area contributed by atoms with Gasteiger partial charge in [-0.2, -0.15) is 5.10 Å². The minimum absolute atomic E-state index is 0. The van der Waals surface area contributed by atoms with Crippen LogP contribution < -0.4 is 10.6 Å². The van der Waals surface area contributed by atoms with Crippen LogP contribution in [0.2, 0.25) is 0 Å². The van der Waals surface area contributed by atoms with E-state index in [1.165, 1.54) is 5.56 Å². The fourth-order valence-corrected chi connectivity index (χ4v) is 2.60. The van der Waals surface area contributed by atoms with Crippen LogP contribution >= 0.6 is 24.0 Å². The van der Waals surface area contributed by atoms with Crippen molar-refractivity contribution in [3.05, 3.63) is 18.0 Å². The Bertz CT molecular complexity index is 489. The lowest BCUT2D eigenvalue weighted by Gasteiger charge is -2.12. The summed E-state index contributed by atoms with van der Waals surface area (Å²) in [6.45, 7) is 8.04. The molecule has 0 aliphatic carbocycles. The number of ether oxygens (including phenoxy) is 2. The first-order chi connectivity index (χ1) is 11.8. The quantitative estimate of drug-likeness (QED) is 0.239. The molecule has 1 saturated heterocycles. The second-order valence-electron chi connectivity index (χ2n) is 6.22. The first-order valence-corrected chi connectivity index (χ1v) is 8.87. The third kappa shape index (κ3) is 9.41. The number of guanidine groups is 1. The van der Waals surface area contributed by atoms with Gasteiger partial charge >= 0.3 is 0 Å². The first-order valence-electron chi connectivity index (χ1n) is 8.87. The number of nitrogens with zero attached hydrogens (tertiary/aromatic N) is 3. The highest BCUT2D eigenvalue weighted by molar-refractivity contribution is 14.0. The van der Waals surface area contributed by atoms with E-state index in [2.05, 4.69) is 33.8 Å². The average molecular weight is 465 g/mol. The molecular weight excluding hydrogens is 433 g/mol. The molecule has 1 aliphatic heterocycles. The molecule has 2 N–H and O–H groups in total. The van der Waals surface area contributed by atoms with Gasteiger partial charge in [-0.25, -0.2) is 0 Å². The van der Waals surface area contributed by atoms with Crippen LogP contribution in [0.25, 0.3) is 0 Å². The maximum Gasteiger partial charge on any atom is 0.190 e. The number of aliphatic imine (C=N–C) groups is 1. The van der Waals surface area contributed by atoms with E-state index in [4.69, 9.17) is 9.47 Å². The van der Waals surface area contributed by atoms with Gasteiger partial charge < -0.3 is 20.1 Å². The average Bonchev–Trinajstić information content (AvgIpc) is 3.24. The Kier molecular flexibility index (Phi) is 11.8. The minimum Gasteiger partial charge on any atom is -0.381 e. The molecule has 1 atom stereocenters.